The van der Waals surface area contributed by atoms with Crippen molar-refractivity contribution in [2.75, 3.05) is 19.7 Å². The topological polar surface area (TPSA) is 76.1 Å². The van der Waals surface area contributed by atoms with Gasteiger partial charge in [-0.05, 0) is 37.7 Å². The molecule has 1 aromatic rings. The maximum atomic E-state index is 12.4. The van der Waals surface area contributed by atoms with Crippen molar-refractivity contribution in [3.8, 4) is 0 Å². The van der Waals surface area contributed by atoms with Crippen molar-refractivity contribution in [2.45, 2.75) is 50.4 Å². The van der Waals surface area contributed by atoms with Crippen molar-refractivity contribution in [1.82, 2.24) is 4.90 Å². The third-order valence-corrected chi connectivity index (χ3v) is 4.83. The molecule has 0 spiro atoms. The quantitative estimate of drug-likeness (QED) is 0.762. The van der Waals surface area contributed by atoms with Gasteiger partial charge in [0.05, 0.1) is 6.10 Å². The summed E-state index contributed by atoms with van der Waals surface area (Å²) in [4.78, 5) is 25.1. The average Bonchev–Trinajstić information content (AvgIpc) is 3.29. The standard InChI is InChI=1S/C19H25NO5/c21-18(16-8-9-17(25-16)19(22)23)20-11-10-15(13-20)24-12-4-7-14-5-2-1-3-6-14/h1-3,5-6,15-17H,4,7-13H2,(H,22,23)/t15?,16-,17+/m0/s1. The highest BCUT2D eigenvalue weighted by Gasteiger charge is 2.38. The number of carboxylic acids is 1. The molecule has 1 aromatic carbocycles. The second-order valence-electron chi connectivity index (χ2n) is 6.68. The van der Waals surface area contributed by atoms with Crippen molar-refractivity contribution >= 4 is 11.9 Å². The van der Waals surface area contributed by atoms with Crippen molar-refractivity contribution in [3.05, 3.63) is 35.9 Å². The Morgan fingerprint density at radius 2 is 1.92 bits per heavy atom. The van der Waals surface area contributed by atoms with Crippen molar-refractivity contribution < 1.29 is 24.2 Å². The Hall–Kier alpha value is -1.92. The van der Waals surface area contributed by atoms with Gasteiger partial charge in [0.25, 0.3) is 5.91 Å². The monoisotopic (exact) mass is 347 g/mol. The Labute approximate surface area is 147 Å². The minimum absolute atomic E-state index is 0.0661. The van der Waals surface area contributed by atoms with Crippen LogP contribution in [0.5, 0.6) is 0 Å². The molecular formula is C19H25NO5. The Kier molecular flexibility index (Phi) is 6.04. The van der Waals surface area contributed by atoms with E-state index in [1.165, 1.54) is 5.56 Å². The van der Waals surface area contributed by atoms with E-state index in [1.54, 1.807) is 4.90 Å². The van der Waals surface area contributed by atoms with E-state index < -0.39 is 18.2 Å². The number of likely N-dealkylation sites (tertiary alicyclic amines) is 1. The summed E-state index contributed by atoms with van der Waals surface area (Å²) in [5.41, 5.74) is 1.31. The third-order valence-electron chi connectivity index (χ3n) is 4.83. The molecule has 2 aliphatic heterocycles. The van der Waals surface area contributed by atoms with Crippen molar-refractivity contribution in [3.63, 3.8) is 0 Å². The highest BCUT2D eigenvalue weighted by atomic mass is 16.5. The van der Waals surface area contributed by atoms with E-state index in [4.69, 9.17) is 14.6 Å². The molecule has 2 fully saturated rings. The number of hydrogen-bond donors (Lipinski definition) is 1. The first-order valence-corrected chi connectivity index (χ1v) is 8.96. The van der Waals surface area contributed by atoms with Gasteiger partial charge < -0.3 is 19.5 Å². The predicted octanol–water partition coefficient (Wildman–Crippen LogP) is 1.87. The smallest absolute Gasteiger partial charge is 0.332 e. The minimum Gasteiger partial charge on any atom is -0.479 e. The van der Waals surface area contributed by atoms with E-state index in [9.17, 15) is 9.59 Å². The maximum absolute atomic E-state index is 12.4. The summed E-state index contributed by atoms with van der Waals surface area (Å²) in [5, 5.41) is 8.95. The van der Waals surface area contributed by atoms with Crippen molar-refractivity contribution in [1.29, 1.82) is 0 Å². The van der Waals surface area contributed by atoms with Crippen LogP contribution in [-0.4, -0.2) is 59.9 Å². The number of benzene rings is 1. The lowest BCUT2D eigenvalue weighted by Crippen LogP contribution is -2.39. The Balaban J connectivity index is 1.35. The lowest BCUT2D eigenvalue weighted by molar-refractivity contribution is -0.154. The first kappa shape index (κ1) is 17.9. The van der Waals surface area contributed by atoms with E-state index in [0.717, 1.165) is 19.3 Å². The van der Waals surface area contributed by atoms with Gasteiger partial charge in [-0.3, -0.25) is 4.79 Å². The van der Waals surface area contributed by atoms with E-state index in [0.29, 0.717) is 32.5 Å². The number of aliphatic carboxylic acids is 1. The molecule has 136 valence electrons. The number of carbonyl (C=O) groups excluding carboxylic acids is 1. The fourth-order valence-electron chi connectivity index (χ4n) is 3.44. The molecule has 2 saturated heterocycles. The SMILES string of the molecule is O=C(O)[C@H]1CC[C@@H](C(=O)N2CCC(OCCCc3ccccc3)C2)O1. The zero-order valence-corrected chi connectivity index (χ0v) is 14.3. The highest BCUT2D eigenvalue weighted by Crippen LogP contribution is 2.24. The lowest BCUT2D eigenvalue weighted by Gasteiger charge is -2.20. The largest absolute Gasteiger partial charge is 0.479 e. The zero-order chi connectivity index (χ0) is 17.6. The fourth-order valence-corrected chi connectivity index (χ4v) is 3.44. The fraction of sp³-hybridized carbons (Fsp3) is 0.579. The molecule has 0 aromatic heterocycles. The van der Waals surface area contributed by atoms with Crippen LogP contribution in [-0.2, 0) is 25.5 Å². The van der Waals surface area contributed by atoms with E-state index >= 15 is 0 Å². The molecule has 6 heteroatoms. The predicted molar refractivity (Wildman–Crippen MR) is 91.2 cm³/mol. The van der Waals surface area contributed by atoms with Gasteiger partial charge in [0.1, 0.15) is 6.10 Å². The number of rotatable bonds is 7. The number of amides is 1. The van der Waals surface area contributed by atoms with Crippen molar-refractivity contribution in [2.24, 2.45) is 0 Å². The summed E-state index contributed by atoms with van der Waals surface area (Å²) >= 11 is 0. The molecule has 0 bridgehead atoms. The van der Waals surface area contributed by atoms with Crippen LogP contribution >= 0.6 is 0 Å². The van der Waals surface area contributed by atoms with Crippen LogP contribution in [0.4, 0.5) is 0 Å². The van der Waals surface area contributed by atoms with E-state index in [2.05, 4.69) is 12.1 Å². The second kappa shape index (κ2) is 8.45. The molecule has 25 heavy (non-hydrogen) atoms. The molecule has 1 unspecified atom stereocenters. The molecule has 6 nitrogen and oxygen atoms in total. The van der Waals surface area contributed by atoms with Gasteiger partial charge in [0.15, 0.2) is 6.10 Å². The van der Waals surface area contributed by atoms with Gasteiger partial charge in [-0.15, -0.1) is 0 Å². The second-order valence-corrected chi connectivity index (χ2v) is 6.68. The number of ether oxygens (including phenoxy) is 2. The summed E-state index contributed by atoms with van der Waals surface area (Å²) < 4.78 is 11.2. The van der Waals surface area contributed by atoms with Crippen LogP contribution in [0.25, 0.3) is 0 Å². The van der Waals surface area contributed by atoms with Gasteiger partial charge in [0.2, 0.25) is 0 Å². The van der Waals surface area contributed by atoms with Gasteiger partial charge >= 0.3 is 5.97 Å². The van der Waals surface area contributed by atoms with Crippen LogP contribution in [0.3, 0.4) is 0 Å². The number of carboxylic acid groups (broad SMARTS) is 1. The molecular weight excluding hydrogens is 322 g/mol. The van der Waals surface area contributed by atoms with Gasteiger partial charge in [-0.1, -0.05) is 30.3 Å². The first-order chi connectivity index (χ1) is 12.1. The third kappa shape index (κ3) is 4.80. The summed E-state index contributed by atoms with van der Waals surface area (Å²) in [6.07, 6.45) is 2.26. The summed E-state index contributed by atoms with van der Waals surface area (Å²) in [6, 6.07) is 10.3. The normalized spacial score (nSPS) is 26.1. The molecule has 0 aliphatic carbocycles. The summed E-state index contributed by atoms with van der Waals surface area (Å²) in [5.74, 6) is -1.09. The molecule has 2 aliphatic rings. The maximum Gasteiger partial charge on any atom is 0.332 e. The minimum atomic E-state index is -0.989. The van der Waals surface area contributed by atoms with Crippen LogP contribution in [0.2, 0.25) is 0 Å². The van der Waals surface area contributed by atoms with E-state index in [-0.39, 0.29) is 12.0 Å². The molecule has 1 amide bonds. The highest BCUT2D eigenvalue weighted by molar-refractivity contribution is 5.83. The molecule has 2 heterocycles. The molecule has 0 radical (unpaired) electrons. The number of nitrogens with zero attached hydrogens (tertiary/aromatic N) is 1. The Morgan fingerprint density at radius 1 is 1.16 bits per heavy atom. The van der Waals surface area contributed by atoms with Gasteiger partial charge in [-0.2, -0.15) is 0 Å². The lowest BCUT2D eigenvalue weighted by atomic mass is 10.1. The van der Waals surface area contributed by atoms with Crippen LogP contribution in [0.15, 0.2) is 30.3 Å². The Bertz CT molecular complexity index is 591. The molecule has 0 saturated carbocycles. The average molecular weight is 347 g/mol. The number of carbonyl (C=O) groups is 2. The summed E-state index contributed by atoms with van der Waals surface area (Å²) in [6.45, 7) is 1.91. The van der Waals surface area contributed by atoms with Gasteiger partial charge in [0, 0.05) is 19.7 Å². The summed E-state index contributed by atoms with van der Waals surface area (Å²) in [7, 11) is 0. The molecule has 3 rings (SSSR count). The molecule has 3 atom stereocenters. The first-order valence-electron chi connectivity index (χ1n) is 8.96. The Morgan fingerprint density at radius 3 is 2.64 bits per heavy atom. The number of aryl methyl sites for hydroxylation is 1. The number of hydrogen-bond acceptors (Lipinski definition) is 4. The van der Waals surface area contributed by atoms with Crippen LogP contribution < -0.4 is 0 Å². The zero-order valence-electron chi connectivity index (χ0n) is 14.3. The van der Waals surface area contributed by atoms with Crippen LogP contribution in [0, 0.1) is 0 Å². The molecule has 1 N–H and O–H groups in total. The van der Waals surface area contributed by atoms with E-state index in [1.807, 2.05) is 18.2 Å². The van der Waals surface area contributed by atoms with Crippen LogP contribution in [0.1, 0.15) is 31.2 Å². The van der Waals surface area contributed by atoms with Gasteiger partial charge in [-0.25, -0.2) is 4.79 Å².